The van der Waals surface area contributed by atoms with Crippen molar-refractivity contribution in [1.82, 2.24) is 9.88 Å². The molecule has 0 aliphatic heterocycles. The molecular formula is C12H16N2O3. The van der Waals surface area contributed by atoms with Crippen LogP contribution in [-0.4, -0.2) is 28.1 Å². The van der Waals surface area contributed by atoms with Crippen LogP contribution in [0.15, 0.2) is 18.3 Å². The molecule has 2 N–H and O–H groups in total. The molecule has 5 nitrogen and oxygen atoms in total. The normalized spacial score (nSPS) is 16.5. The maximum Gasteiger partial charge on any atom is 0.311 e. The van der Waals surface area contributed by atoms with E-state index >= 15 is 0 Å². The van der Waals surface area contributed by atoms with E-state index in [2.05, 4.69) is 5.32 Å². The molecule has 1 aliphatic carbocycles. The summed E-state index contributed by atoms with van der Waals surface area (Å²) in [5.74, 6) is -1.02. The molecule has 1 aromatic heterocycles. The van der Waals surface area contributed by atoms with Crippen molar-refractivity contribution in [2.24, 2.45) is 5.41 Å². The van der Waals surface area contributed by atoms with Crippen molar-refractivity contribution in [1.29, 1.82) is 0 Å². The third-order valence-corrected chi connectivity index (χ3v) is 3.30. The van der Waals surface area contributed by atoms with Gasteiger partial charge in [0.2, 0.25) is 0 Å². The van der Waals surface area contributed by atoms with Crippen molar-refractivity contribution < 1.29 is 14.7 Å². The Morgan fingerprint density at radius 2 is 2.24 bits per heavy atom. The van der Waals surface area contributed by atoms with Crippen molar-refractivity contribution in [2.75, 3.05) is 6.54 Å². The van der Waals surface area contributed by atoms with Gasteiger partial charge in [-0.05, 0) is 31.9 Å². The molecule has 0 aromatic carbocycles. The van der Waals surface area contributed by atoms with Crippen LogP contribution < -0.4 is 5.32 Å². The fraction of sp³-hybridized carbons (Fsp3) is 0.500. The number of carboxylic acids is 1. The zero-order valence-corrected chi connectivity index (χ0v) is 9.77. The first kappa shape index (κ1) is 11.7. The highest BCUT2D eigenvalue weighted by molar-refractivity contribution is 5.93. The van der Waals surface area contributed by atoms with Gasteiger partial charge in [0.1, 0.15) is 5.69 Å². The van der Waals surface area contributed by atoms with Crippen molar-refractivity contribution in [2.45, 2.75) is 26.3 Å². The van der Waals surface area contributed by atoms with E-state index in [-0.39, 0.29) is 12.5 Å². The number of aliphatic carboxylic acids is 1. The Bertz CT molecular complexity index is 446. The predicted octanol–water partition coefficient (Wildman–Crippen LogP) is 1.10. The number of nitrogens with zero attached hydrogens (tertiary/aromatic N) is 1. The molecule has 1 aromatic rings. The van der Waals surface area contributed by atoms with E-state index in [9.17, 15) is 9.59 Å². The Hall–Kier alpha value is -1.78. The molecular weight excluding hydrogens is 220 g/mol. The molecule has 0 radical (unpaired) electrons. The minimum Gasteiger partial charge on any atom is -0.481 e. The Labute approximate surface area is 99.4 Å². The smallest absolute Gasteiger partial charge is 0.311 e. The topological polar surface area (TPSA) is 71.3 Å². The van der Waals surface area contributed by atoms with Crippen molar-refractivity contribution >= 4 is 11.9 Å². The van der Waals surface area contributed by atoms with E-state index in [0.717, 1.165) is 6.54 Å². The van der Waals surface area contributed by atoms with Gasteiger partial charge >= 0.3 is 5.97 Å². The average Bonchev–Trinajstić information content (AvgIpc) is 2.96. The molecule has 0 saturated heterocycles. The lowest BCUT2D eigenvalue weighted by Crippen LogP contribution is -2.35. The number of carbonyl (C=O) groups is 2. The summed E-state index contributed by atoms with van der Waals surface area (Å²) in [6.45, 7) is 2.90. The van der Waals surface area contributed by atoms with Crippen LogP contribution in [0.25, 0.3) is 0 Å². The third kappa shape index (κ3) is 2.18. The number of carboxylic acid groups (broad SMARTS) is 1. The Kier molecular flexibility index (Phi) is 2.92. The minimum absolute atomic E-state index is 0.204. The second-order valence-electron chi connectivity index (χ2n) is 4.45. The van der Waals surface area contributed by atoms with Gasteiger partial charge in [-0.15, -0.1) is 0 Å². The summed E-state index contributed by atoms with van der Waals surface area (Å²) in [5.41, 5.74) is -0.132. The maximum absolute atomic E-state index is 11.9. The van der Waals surface area contributed by atoms with Crippen LogP contribution in [0.1, 0.15) is 30.3 Å². The summed E-state index contributed by atoms with van der Waals surface area (Å²) in [5, 5.41) is 11.7. The number of nitrogens with one attached hydrogen (secondary N) is 1. The number of aromatic nitrogens is 1. The SMILES string of the molecule is CCn1cccc1C(=O)NCC1(C(=O)O)CC1. The molecule has 1 heterocycles. The van der Waals surface area contributed by atoms with Gasteiger partial charge in [0, 0.05) is 19.3 Å². The van der Waals surface area contributed by atoms with Crippen LogP contribution in [-0.2, 0) is 11.3 Å². The molecule has 0 spiro atoms. The zero-order chi connectivity index (χ0) is 12.5. The van der Waals surface area contributed by atoms with Gasteiger partial charge in [-0.1, -0.05) is 0 Å². The number of rotatable bonds is 5. The van der Waals surface area contributed by atoms with E-state index in [1.807, 2.05) is 23.8 Å². The number of amides is 1. The van der Waals surface area contributed by atoms with Gasteiger partial charge in [-0.3, -0.25) is 9.59 Å². The van der Waals surface area contributed by atoms with Crippen LogP contribution in [0, 0.1) is 5.41 Å². The second kappa shape index (κ2) is 4.24. The summed E-state index contributed by atoms with van der Waals surface area (Å²) in [4.78, 5) is 22.8. The lowest BCUT2D eigenvalue weighted by atomic mass is 10.1. The van der Waals surface area contributed by atoms with Gasteiger partial charge in [-0.25, -0.2) is 0 Å². The number of hydrogen-bond acceptors (Lipinski definition) is 2. The molecule has 2 rings (SSSR count). The lowest BCUT2D eigenvalue weighted by molar-refractivity contribution is -0.143. The highest BCUT2D eigenvalue weighted by Crippen LogP contribution is 2.45. The fourth-order valence-electron chi connectivity index (χ4n) is 1.85. The molecule has 1 amide bonds. The van der Waals surface area contributed by atoms with E-state index in [1.54, 1.807) is 6.07 Å². The molecule has 92 valence electrons. The van der Waals surface area contributed by atoms with E-state index < -0.39 is 11.4 Å². The van der Waals surface area contributed by atoms with Crippen LogP contribution >= 0.6 is 0 Å². The quantitative estimate of drug-likeness (QED) is 0.804. The first-order chi connectivity index (χ1) is 8.09. The average molecular weight is 236 g/mol. The summed E-state index contributed by atoms with van der Waals surface area (Å²) >= 11 is 0. The Balaban J connectivity index is 1.96. The third-order valence-electron chi connectivity index (χ3n) is 3.30. The molecule has 0 bridgehead atoms. The molecule has 1 aliphatic rings. The van der Waals surface area contributed by atoms with E-state index in [4.69, 9.17) is 5.11 Å². The first-order valence-corrected chi connectivity index (χ1v) is 5.76. The Morgan fingerprint density at radius 3 is 2.76 bits per heavy atom. The predicted molar refractivity (Wildman–Crippen MR) is 61.7 cm³/mol. The highest BCUT2D eigenvalue weighted by Gasteiger charge is 2.50. The molecule has 0 atom stereocenters. The van der Waals surface area contributed by atoms with Gasteiger partial charge in [-0.2, -0.15) is 0 Å². The second-order valence-corrected chi connectivity index (χ2v) is 4.45. The van der Waals surface area contributed by atoms with Crippen molar-refractivity contribution in [3.05, 3.63) is 24.0 Å². The maximum atomic E-state index is 11.9. The van der Waals surface area contributed by atoms with Crippen LogP contribution in [0.3, 0.4) is 0 Å². The summed E-state index contributed by atoms with van der Waals surface area (Å²) in [6.07, 6.45) is 3.13. The van der Waals surface area contributed by atoms with Gasteiger partial charge in [0.05, 0.1) is 5.41 Å². The van der Waals surface area contributed by atoms with Gasteiger partial charge in [0.25, 0.3) is 5.91 Å². The molecule has 5 heteroatoms. The summed E-state index contributed by atoms with van der Waals surface area (Å²) < 4.78 is 1.83. The fourth-order valence-corrected chi connectivity index (χ4v) is 1.85. The van der Waals surface area contributed by atoms with Crippen molar-refractivity contribution in [3.63, 3.8) is 0 Å². The lowest BCUT2D eigenvalue weighted by Gasteiger charge is -2.12. The first-order valence-electron chi connectivity index (χ1n) is 5.76. The van der Waals surface area contributed by atoms with Crippen LogP contribution in [0.4, 0.5) is 0 Å². The number of carbonyl (C=O) groups excluding carboxylic acids is 1. The van der Waals surface area contributed by atoms with Gasteiger partial charge < -0.3 is 15.0 Å². The number of aryl methyl sites for hydroxylation is 1. The largest absolute Gasteiger partial charge is 0.481 e. The Morgan fingerprint density at radius 1 is 1.53 bits per heavy atom. The molecule has 17 heavy (non-hydrogen) atoms. The van der Waals surface area contributed by atoms with E-state index in [0.29, 0.717) is 18.5 Å². The minimum atomic E-state index is -0.816. The van der Waals surface area contributed by atoms with E-state index in [1.165, 1.54) is 0 Å². The van der Waals surface area contributed by atoms with Crippen molar-refractivity contribution in [3.8, 4) is 0 Å². The van der Waals surface area contributed by atoms with Crippen LogP contribution in [0.2, 0.25) is 0 Å². The molecule has 1 fully saturated rings. The summed E-state index contributed by atoms with van der Waals surface area (Å²) in [6, 6.07) is 3.54. The molecule has 0 unspecified atom stereocenters. The number of hydrogen-bond donors (Lipinski definition) is 2. The molecule has 1 saturated carbocycles. The monoisotopic (exact) mass is 236 g/mol. The zero-order valence-electron chi connectivity index (χ0n) is 9.77. The highest BCUT2D eigenvalue weighted by atomic mass is 16.4. The van der Waals surface area contributed by atoms with Gasteiger partial charge in [0.15, 0.2) is 0 Å². The van der Waals surface area contributed by atoms with Crippen LogP contribution in [0.5, 0.6) is 0 Å². The standard InChI is InChI=1S/C12H16N2O3/c1-2-14-7-3-4-9(14)10(15)13-8-12(5-6-12)11(16)17/h3-4,7H,2,5-6,8H2,1H3,(H,13,15)(H,16,17). The summed E-state index contributed by atoms with van der Waals surface area (Å²) in [7, 11) is 0.